The van der Waals surface area contributed by atoms with Gasteiger partial charge in [0.25, 0.3) is 0 Å². The molecule has 0 radical (unpaired) electrons. The smallest absolute Gasteiger partial charge is 0.135 e. The molecule has 94 valence electrons. The van der Waals surface area contributed by atoms with Gasteiger partial charge in [0.15, 0.2) is 0 Å². The molecule has 18 heavy (non-hydrogen) atoms. The molecule has 0 bridgehead atoms. The van der Waals surface area contributed by atoms with E-state index < -0.39 is 0 Å². The number of aromatic nitrogens is 2. The van der Waals surface area contributed by atoms with Crippen molar-refractivity contribution in [2.45, 2.75) is 6.61 Å². The number of methoxy groups -OCH3 is 1. The molecule has 0 aliphatic rings. The molecule has 0 atom stereocenters. The minimum Gasteiger partial charge on any atom is -0.380 e. The van der Waals surface area contributed by atoms with Gasteiger partial charge in [0.05, 0.1) is 6.61 Å². The van der Waals surface area contributed by atoms with Crippen LogP contribution in [0.1, 0.15) is 5.56 Å². The van der Waals surface area contributed by atoms with Crippen molar-refractivity contribution in [3.63, 3.8) is 0 Å². The number of hydrogen-bond acceptors (Lipinski definition) is 5. The second kappa shape index (κ2) is 5.97. The molecule has 0 saturated carbocycles. The molecule has 2 rings (SSSR count). The lowest BCUT2D eigenvalue weighted by Gasteiger charge is -2.07. The van der Waals surface area contributed by atoms with Gasteiger partial charge in [0, 0.05) is 25.9 Å². The predicted octanol–water partition coefficient (Wildman–Crippen LogP) is 2.41. The number of ether oxygens (including phenoxy) is 1. The van der Waals surface area contributed by atoms with Crippen LogP contribution in [0.4, 0.5) is 17.3 Å². The van der Waals surface area contributed by atoms with E-state index in [4.69, 9.17) is 4.74 Å². The summed E-state index contributed by atoms with van der Waals surface area (Å²) in [7, 11) is 3.51. The quantitative estimate of drug-likeness (QED) is 0.845. The molecule has 0 spiro atoms. The molecule has 5 heteroatoms. The summed E-state index contributed by atoms with van der Waals surface area (Å²) in [5, 5.41) is 6.19. The fraction of sp³-hybridized carbons (Fsp3) is 0.231. The van der Waals surface area contributed by atoms with Crippen molar-refractivity contribution in [2.75, 3.05) is 24.8 Å². The van der Waals surface area contributed by atoms with Crippen LogP contribution in [-0.4, -0.2) is 24.1 Å². The Balaban J connectivity index is 2.08. The van der Waals surface area contributed by atoms with Crippen molar-refractivity contribution in [3.8, 4) is 0 Å². The maximum Gasteiger partial charge on any atom is 0.135 e. The largest absolute Gasteiger partial charge is 0.380 e. The van der Waals surface area contributed by atoms with Crippen molar-refractivity contribution in [1.82, 2.24) is 9.97 Å². The first kappa shape index (κ1) is 12.3. The summed E-state index contributed by atoms with van der Waals surface area (Å²) in [5.41, 5.74) is 2.12. The van der Waals surface area contributed by atoms with Gasteiger partial charge in [-0.1, -0.05) is 12.1 Å². The zero-order valence-electron chi connectivity index (χ0n) is 10.5. The van der Waals surface area contributed by atoms with E-state index in [9.17, 15) is 0 Å². The highest BCUT2D eigenvalue weighted by molar-refractivity contribution is 5.58. The Hall–Kier alpha value is -2.14. The van der Waals surface area contributed by atoms with Gasteiger partial charge in [-0.3, -0.25) is 0 Å². The lowest BCUT2D eigenvalue weighted by molar-refractivity contribution is 0.185. The van der Waals surface area contributed by atoms with Crippen LogP contribution in [-0.2, 0) is 11.3 Å². The first-order valence-corrected chi connectivity index (χ1v) is 5.66. The van der Waals surface area contributed by atoms with Gasteiger partial charge >= 0.3 is 0 Å². The van der Waals surface area contributed by atoms with Crippen LogP contribution in [0.15, 0.2) is 36.7 Å². The Morgan fingerprint density at radius 2 is 1.83 bits per heavy atom. The van der Waals surface area contributed by atoms with Crippen LogP contribution in [0.3, 0.4) is 0 Å². The van der Waals surface area contributed by atoms with Crippen LogP contribution in [0, 0.1) is 0 Å². The van der Waals surface area contributed by atoms with Gasteiger partial charge in [0.1, 0.15) is 18.0 Å². The summed E-state index contributed by atoms with van der Waals surface area (Å²) < 4.78 is 5.07. The maximum absolute atomic E-state index is 5.07. The van der Waals surface area contributed by atoms with Gasteiger partial charge in [0.2, 0.25) is 0 Å². The van der Waals surface area contributed by atoms with Gasteiger partial charge in [-0.25, -0.2) is 9.97 Å². The molecule has 2 N–H and O–H groups in total. The lowest BCUT2D eigenvalue weighted by Crippen LogP contribution is -1.98. The van der Waals surface area contributed by atoms with E-state index >= 15 is 0 Å². The first-order chi connectivity index (χ1) is 8.81. The van der Waals surface area contributed by atoms with Crippen LogP contribution < -0.4 is 10.6 Å². The van der Waals surface area contributed by atoms with Gasteiger partial charge in [-0.2, -0.15) is 0 Å². The summed E-state index contributed by atoms with van der Waals surface area (Å²) >= 11 is 0. The van der Waals surface area contributed by atoms with Crippen LogP contribution in [0.25, 0.3) is 0 Å². The fourth-order valence-electron chi connectivity index (χ4n) is 1.56. The Bertz CT molecular complexity index is 499. The van der Waals surface area contributed by atoms with E-state index in [1.165, 1.54) is 6.33 Å². The van der Waals surface area contributed by atoms with Crippen molar-refractivity contribution < 1.29 is 4.74 Å². The monoisotopic (exact) mass is 244 g/mol. The normalized spacial score (nSPS) is 10.1. The van der Waals surface area contributed by atoms with Gasteiger partial charge in [-0.05, 0) is 17.7 Å². The Morgan fingerprint density at radius 3 is 2.50 bits per heavy atom. The zero-order chi connectivity index (χ0) is 12.8. The van der Waals surface area contributed by atoms with Crippen molar-refractivity contribution in [3.05, 3.63) is 42.2 Å². The average molecular weight is 244 g/mol. The molecular weight excluding hydrogens is 228 g/mol. The summed E-state index contributed by atoms with van der Waals surface area (Å²) in [6, 6.07) is 9.88. The molecule has 5 nitrogen and oxygen atoms in total. The number of anilines is 3. The number of hydrogen-bond donors (Lipinski definition) is 2. The van der Waals surface area contributed by atoms with Crippen LogP contribution in [0.2, 0.25) is 0 Å². The van der Waals surface area contributed by atoms with Gasteiger partial charge in [-0.15, -0.1) is 0 Å². The van der Waals surface area contributed by atoms with E-state index in [0.717, 1.165) is 22.9 Å². The third kappa shape index (κ3) is 3.18. The molecule has 0 fully saturated rings. The molecule has 0 aliphatic heterocycles. The molecule has 0 unspecified atom stereocenters. The first-order valence-electron chi connectivity index (χ1n) is 5.66. The maximum atomic E-state index is 5.07. The number of nitrogens with one attached hydrogen (secondary N) is 2. The SMILES string of the molecule is CNc1cc(Nc2ccc(COC)cc2)ncn1. The molecule has 0 aliphatic carbocycles. The Morgan fingerprint density at radius 1 is 1.11 bits per heavy atom. The van der Waals surface area contributed by atoms with E-state index in [1.54, 1.807) is 7.11 Å². The molecule has 0 amide bonds. The summed E-state index contributed by atoms with van der Waals surface area (Å²) in [6.45, 7) is 0.623. The molecule has 1 aromatic carbocycles. The third-order valence-electron chi connectivity index (χ3n) is 2.46. The van der Waals surface area contributed by atoms with Crippen LogP contribution >= 0.6 is 0 Å². The Kier molecular flexibility index (Phi) is 4.09. The molecular formula is C13H16N4O. The highest BCUT2D eigenvalue weighted by Crippen LogP contribution is 2.16. The van der Waals surface area contributed by atoms with E-state index in [1.807, 2.05) is 37.4 Å². The van der Waals surface area contributed by atoms with E-state index in [2.05, 4.69) is 20.6 Å². The fourth-order valence-corrected chi connectivity index (χ4v) is 1.56. The zero-order valence-corrected chi connectivity index (χ0v) is 10.5. The van der Waals surface area contributed by atoms with Crippen molar-refractivity contribution in [2.24, 2.45) is 0 Å². The minimum atomic E-state index is 0.623. The highest BCUT2D eigenvalue weighted by Gasteiger charge is 1.98. The van der Waals surface area contributed by atoms with Crippen LogP contribution in [0.5, 0.6) is 0 Å². The Labute approximate surface area is 106 Å². The third-order valence-corrected chi connectivity index (χ3v) is 2.46. The number of rotatable bonds is 5. The van der Waals surface area contributed by atoms with Gasteiger partial charge < -0.3 is 15.4 Å². The molecule has 1 heterocycles. The molecule has 2 aromatic rings. The summed E-state index contributed by atoms with van der Waals surface area (Å²) in [6.07, 6.45) is 1.52. The topological polar surface area (TPSA) is 59.1 Å². The second-order valence-electron chi connectivity index (χ2n) is 3.79. The van der Waals surface area contributed by atoms with E-state index in [-0.39, 0.29) is 0 Å². The minimum absolute atomic E-state index is 0.623. The average Bonchev–Trinajstić information content (AvgIpc) is 2.42. The number of nitrogens with zero attached hydrogens (tertiary/aromatic N) is 2. The number of benzene rings is 1. The summed E-state index contributed by atoms with van der Waals surface area (Å²) in [4.78, 5) is 8.21. The predicted molar refractivity (Wildman–Crippen MR) is 72.0 cm³/mol. The molecule has 1 aromatic heterocycles. The highest BCUT2D eigenvalue weighted by atomic mass is 16.5. The second-order valence-corrected chi connectivity index (χ2v) is 3.79. The lowest BCUT2D eigenvalue weighted by atomic mass is 10.2. The van der Waals surface area contributed by atoms with Crippen molar-refractivity contribution in [1.29, 1.82) is 0 Å². The van der Waals surface area contributed by atoms with E-state index in [0.29, 0.717) is 6.61 Å². The standard InChI is InChI=1S/C13H16N4O/c1-14-12-7-13(16-9-15-12)17-11-5-3-10(4-6-11)8-18-2/h3-7,9H,8H2,1-2H3,(H2,14,15,16,17). The summed E-state index contributed by atoms with van der Waals surface area (Å²) in [5.74, 6) is 1.54. The van der Waals surface area contributed by atoms with Crippen molar-refractivity contribution >= 4 is 17.3 Å². The molecule has 0 saturated heterocycles.